The van der Waals surface area contributed by atoms with Crippen molar-refractivity contribution in [2.45, 2.75) is 23.7 Å². The van der Waals surface area contributed by atoms with Gasteiger partial charge in [0.05, 0.1) is 25.0 Å². The molecule has 0 N–H and O–H groups in total. The van der Waals surface area contributed by atoms with Gasteiger partial charge < -0.3 is 9.47 Å². The number of esters is 2. The molecule has 4 atom stereocenters. The van der Waals surface area contributed by atoms with Crippen LogP contribution in [0.2, 0.25) is 0 Å². The van der Waals surface area contributed by atoms with Crippen molar-refractivity contribution in [3.05, 3.63) is 70.8 Å². The molecule has 0 amide bonds. The summed E-state index contributed by atoms with van der Waals surface area (Å²) in [5.41, 5.74) is 3.94. The van der Waals surface area contributed by atoms with E-state index in [1.54, 1.807) is 0 Å². The Balaban J connectivity index is 1.63. The molecule has 9 aliphatic rings. The Morgan fingerprint density at radius 2 is 1.04 bits per heavy atom. The molecule has 9 aliphatic carbocycles. The fraction of sp³-hybridized carbons (Fsp3) is 0.417. The first-order valence-electron chi connectivity index (χ1n) is 10.0. The molecule has 3 saturated carbocycles. The van der Waals surface area contributed by atoms with E-state index < -0.39 is 10.8 Å². The maximum atomic E-state index is 13.3. The van der Waals surface area contributed by atoms with E-state index in [-0.39, 0.29) is 47.4 Å². The Kier molecular flexibility index (Phi) is 2.38. The van der Waals surface area contributed by atoms with Gasteiger partial charge in [0.15, 0.2) is 0 Å². The van der Waals surface area contributed by atoms with Gasteiger partial charge in [0, 0.05) is 23.7 Å². The zero-order chi connectivity index (χ0) is 19.0. The molecule has 2 aromatic rings. The summed E-state index contributed by atoms with van der Waals surface area (Å²) in [5.74, 6) is 0.158. The first-order valence-corrected chi connectivity index (χ1v) is 10.0. The topological polar surface area (TPSA) is 52.6 Å². The van der Waals surface area contributed by atoms with Gasteiger partial charge in [-0.1, -0.05) is 48.5 Å². The highest BCUT2D eigenvalue weighted by Gasteiger charge is 2.99. The molecule has 0 aliphatic heterocycles. The number of carbonyl (C=O) groups excluding carboxylic acids is 2. The molecule has 3 fully saturated rings. The monoisotopic (exact) mass is 372 g/mol. The van der Waals surface area contributed by atoms with Crippen molar-refractivity contribution >= 4 is 11.9 Å². The van der Waals surface area contributed by atoms with Gasteiger partial charge in [-0.25, -0.2) is 0 Å². The standard InChI is InChI=1S/C24H20O4/c1-27-21(25)23-17-13-9-5-6-10-14(13)18-16-12-8-4-3-7-11(12)15(17)19(23)24(18,20(16)23)22(26)28-2/h3-10,15-20H,1-2H3. The van der Waals surface area contributed by atoms with E-state index in [1.807, 2.05) is 0 Å². The molecule has 4 heteroatoms. The van der Waals surface area contributed by atoms with Crippen molar-refractivity contribution in [3.8, 4) is 0 Å². The van der Waals surface area contributed by atoms with E-state index >= 15 is 0 Å². The molecule has 8 bridgehead atoms. The lowest BCUT2D eigenvalue weighted by Gasteiger charge is -2.82. The Morgan fingerprint density at radius 1 is 0.679 bits per heavy atom. The van der Waals surface area contributed by atoms with Crippen LogP contribution in [0.3, 0.4) is 0 Å². The molecule has 0 saturated heterocycles. The number of rotatable bonds is 2. The predicted molar refractivity (Wildman–Crippen MR) is 99.7 cm³/mol. The predicted octanol–water partition coefficient (Wildman–Crippen LogP) is 3.34. The third-order valence-corrected chi connectivity index (χ3v) is 8.98. The number of methoxy groups -OCH3 is 2. The SMILES string of the molecule is COC(=O)C12C3c4ccccc4C4C5c6ccccc6C3C1C4(C(=O)OC)C52. The number of carbonyl (C=O) groups is 2. The smallest absolute Gasteiger partial charge is 0.313 e. The summed E-state index contributed by atoms with van der Waals surface area (Å²) in [6.45, 7) is 0. The molecular formula is C24H20O4. The number of benzene rings is 2. The average Bonchev–Trinajstić information content (AvgIpc) is 3.12. The number of hydrogen-bond acceptors (Lipinski definition) is 4. The minimum atomic E-state index is -0.597. The fourth-order valence-corrected chi connectivity index (χ4v) is 8.72. The minimum absolute atomic E-state index is 0.0350. The third kappa shape index (κ3) is 1.10. The lowest BCUT2D eigenvalue weighted by atomic mass is 9.17. The highest BCUT2D eigenvalue weighted by molar-refractivity contribution is 5.97. The fourth-order valence-electron chi connectivity index (χ4n) is 8.72. The van der Waals surface area contributed by atoms with Gasteiger partial charge in [-0.3, -0.25) is 9.59 Å². The Morgan fingerprint density at radius 3 is 1.39 bits per heavy atom. The summed E-state index contributed by atoms with van der Waals surface area (Å²) >= 11 is 0. The van der Waals surface area contributed by atoms with E-state index in [1.165, 1.54) is 36.5 Å². The van der Waals surface area contributed by atoms with Gasteiger partial charge >= 0.3 is 11.9 Å². The third-order valence-electron chi connectivity index (χ3n) is 8.98. The van der Waals surface area contributed by atoms with E-state index in [2.05, 4.69) is 48.5 Å². The van der Waals surface area contributed by atoms with Crippen LogP contribution in [0, 0.1) is 22.7 Å². The quantitative estimate of drug-likeness (QED) is 0.759. The number of hydrogen-bond donors (Lipinski definition) is 0. The lowest BCUT2D eigenvalue weighted by Crippen LogP contribution is -2.85. The normalized spacial score (nSPS) is 43.9. The van der Waals surface area contributed by atoms with Gasteiger partial charge in [-0.05, 0) is 34.1 Å². The van der Waals surface area contributed by atoms with E-state index in [0.717, 1.165) is 0 Å². The van der Waals surface area contributed by atoms with Crippen molar-refractivity contribution in [1.82, 2.24) is 0 Å². The molecule has 0 spiro atoms. The molecule has 140 valence electrons. The van der Waals surface area contributed by atoms with Crippen LogP contribution < -0.4 is 0 Å². The number of ether oxygens (including phenoxy) is 2. The molecule has 4 unspecified atom stereocenters. The summed E-state index contributed by atoms with van der Waals surface area (Å²) in [4.78, 5) is 26.6. The highest BCUT2D eigenvalue weighted by Crippen LogP contribution is 2.98. The summed E-state index contributed by atoms with van der Waals surface area (Å²) in [6.07, 6.45) is 0. The summed E-state index contributed by atoms with van der Waals surface area (Å²) in [6, 6.07) is 17.0. The molecule has 0 heterocycles. The first-order chi connectivity index (χ1) is 13.7. The Hall–Kier alpha value is -2.62. The van der Waals surface area contributed by atoms with Gasteiger partial charge in [0.2, 0.25) is 0 Å². The minimum Gasteiger partial charge on any atom is -0.469 e. The zero-order valence-corrected chi connectivity index (χ0v) is 15.7. The maximum Gasteiger partial charge on any atom is 0.313 e. The second-order valence-electron chi connectivity index (χ2n) is 9.07. The largest absolute Gasteiger partial charge is 0.469 e. The van der Waals surface area contributed by atoms with E-state index in [4.69, 9.17) is 9.47 Å². The lowest BCUT2D eigenvalue weighted by molar-refractivity contribution is -0.333. The van der Waals surface area contributed by atoms with Crippen LogP contribution in [0.25, 0.3) is 0 Å². The van der Waals surface area contributed by atoms with E-state index in [9.17, 15) is 9.59 Å². The van der Waals surface area contributed by atoms with Gasteiger partial charge in [0.25, 0.3) is 0 Å². The van der Waals surface area contributed by atoms with Crippen molar-refractivity contribution in [2.75, 3.05) is 14.2 Å². The zero-order valence-electron chi connectivity index (χ0n) is 15.7. The summed E-state index contributed by atoms with van der Waals surface area (Å²) in [7, 11) is 2.97. The average molecular weight is 372 g/mol. The van der Waals surface area contributed by atoms with Crippen LogP contribution in [0.4, 0.5) is 0 Å². The van der Waals surface area contributed by atoms with Crippen molar-refractivity contribution < 1.29 is 19.1 Å². The Bertz CT molecular complexity index is 1010. The van der Waals surface area contributed by atoms with Crippen molar-refractivity contribution in [2.24, 2.45) is 22.7 Å². The molecule has 0 radical (unpaired) electrons. The summed E-state index contributed by atoms with van der Waals surface area (Å²) < 4.78 is 10.8. The highest BCUT2D eigenvalue weighted by atomic mass is 16.5. The van der Waals surface area contributed by atoms with Crippen LogP contribution in [0.1, 0.15) is 45.9 Å². The van der Waals surface area contributed by atoms with Crippen LogP contribution in [0.5, 0.6) is 0 Å². The summed E-state index contributed by atoms with van der Waals surface area (Å²) in [5, 5.41) is 0. The van der Waals surface area contributed by atoms with Crippen LogP contribution >= 0.6 is 0 Å². The van der Waals surface area contributed by atoms with Crippen molar-refractivity contribution in [1.29, 1.82) is 0 Å². The first kappa shape index (κ1) is 15.3. The van der Waals surface area contributed by atoms with Gasteiger partial charge in [-0.2, -0.15) is 0 Å². The molecule has 11 rings (SSSR count). The molecule has 4 nitrogen and oxygen atoms in total. The second kappa shape index (κ2) is 4.35. The Labute approximate surface area is 162 Å². The van der Waals surface area contributed by atoms with Crippen LogP contribution in [-0.4, -0.2) is 26.2 Å². The van der Waals surface area contributed by atoms with Crippen LogP contribution in [-0.2, 0) is 19.1 Å². The molecule has 2 aromatic carbocycles. The van der Waals surface area contributed by atoms with Gasteiger partial charge in [0.1, 0.15) is 0 Å². The van der Waals surface area contributed by atoms with E-state index in [0.29, 0.717) is 0 Å². The molecule has 28 heavy (non-hydrogen) atoms. The maximum absolute atomic E-state index is 13.3. The van der Waals surface area contributed by atoms with Crippen molar-refractivity contribution in [3.63, 3.8) is 0 Å². The van der Waals surface area contributed by atoms with Gasteiger partial charge in [-0.15, -0.1) is 0 Å². The molecular weight excluding hydrogens is 352 g/mol. The second-order valence-corrected chi connectivity index (χ2v) is 9.07. The molecule has 0 aromatic heterocycles. The van der Waals surface area contributed by atoms with Crippen LogP contribution in [0.15, 0.2) is 48.5 Å².